The van der Waals surface area contributed by atoms with Crippen molar-refractivity contribution >= 4 is 51.6 Å². The van der Waals surface area contributed by atoms with Crippen molar-refractivity contribution in [1.29, 1.82) is 0 Å². The fraction of sp³-hybridized carbons (Fsp3) is 0.500. The van der Waals surface area contributed by atoms with E-state index in [-0.39, 0.29) is 35.2 Å². The van der Waals surface area contributed by atoms with Gasteiger partial charge in [-0.3, -0.25) is 14.4 Å². The minimum atomic E-state index is -0.423. The molecule has 3 aromatic rings. The van der Waals surface area contributed by atoms with Gasteiger partial charge < -0.3 is 25.8 Å². The summed E-state index contributed by atoms with van der Waals surface area (Å²) in [5.41, 5.74) is 1.86. The first-order valence-electron chi connectivity index (χ1n) is 13.3. The average Bonchev–Trinajstić information content (AvgIpc) is 3.47. The van der Waals surface area contributed by atoms with E-state index >= 15 is 0 Å². The number of H-pyrrole nitrogens is 1. The molecule has 1 fully saturated rings. The Hall–Kier alpha value is -2.95. The highest BCUT2D eigenvalue weighted by atomic mass is 35.5. The van der Waals surface area contributed by atoms with Gasteiger partial charge in [0.15, 0.2) is 5.01 Å². The van der Waals surface area contributed by atoms with Gasteiger partial charge in [0.05, 0.1) is 11.7 Å². The van der Waals surface area contributed by atoms with Crippen LogP contribution in [0.5, 0.6) is 0 Å². The van der Waals surface area contributed by atoms with Gasteiger partial charge in [0.1, 0.15) is 5.69 Å². The largest absolute Gasteiger partial charge is 0.351 e. The lowest BCUT2D eigenvalue weighted by Gasteiger charge is -2.37. The van der Waals surface area contributed by atoms with Crippen LogP contribution < -0.4 is 16.0 Å². The van der Waals surface area contributed by atoms with Crippen LogP contribution in [-0.4, -0.2) is 63.8 Å². The highest BCUT2D eigenvalue weighted by Gasteiger charge is 2.37. The maximum absolute atomic E-state index is 13.4. The van der Waals surface area contributed by atoms with Gasteiger partial charge in [0, 0.05) is 57.8 Å². The van der Waals surface area contributed by atoms with Crippen LogP contribution in [0.4, 0.5) is 0 Å². The van der Waals surface area contributed by atoms with Gasteiger partial charge in [0.2, 0.25) is 5.91 Å². The molecule has 3 amide bonds. The number of halogens is 1. The van der Waals surface area contributed by atoms with Crippen LogP contribution in [0.1, 0.15) is 70.9 Å². The Labute approximate surface area is 237 Å². The molecule has 1 aromatic carbocycles. The molecular formula is C28H35ClN6O3S. The molecule has 1 aliphatic heterocycles. The molecule has 4 N–H and O–H groups in total. The van der Waals surface area contributed by atoms with Gasteiger partial charge in [0.25, 0.3) is 11.8 Å². The van der Waals surface area contributed by atoms with Crippen molar-refractivity contribution in [3.05, 3.63) is 50.6 Å². The molecule has 3 atom stereocenters. The fourth-order valence-electron chi connectivity index (χ4n) is 5.34. The van der Waals surface area contributed by atoms with Crippen LogP contribution in [0.25, 0.3) is 10.9 Å². The van der Waals surface area contributed by atoms with Gasteiger partial charge in [-0.2, -0.15) is 0 Å². The molecule has 0 radical (unpaired) electrons. The molecule has 11 heteroatoms. The number of hydrogen-bond donors (Lipinski definition) is 4. The summed E-state index contributed by atoms with van der Waals surface area (Å²) >= 11 is 7.53. The number of carbonyl (C=O) groups is 3. The van der Waals surface area contributed by atoms with E-state index in [0.717, 1.165) is 41.0 Å². The number of thiazole rings is 1. The second kappa shape index (κ2) is 10.9. The van der Waals surface area contributed by atoms with E-state index in [1.54, 1.807) is 18.2 Å². The Morgan fingerprint density at radius 3 is 2.64 bits per heavy atom. The smallest absolute Gasteiger partial charge is 0.280 e. The lowest BCUT2D eigenvalue weighted by molar-refractivity contribution is -0.127. The standard InChI is InChI=1S/C28H35ClN6O3S/c1-28(2,3)34-24(36)15-5-7-19(31-25(37)22-13-16-11-17(29)6-8-18(16)30-22)21(12-15)32-26(38)27-33-20-9-10-35(4)14-23(20)39-27/h6,8,11,13,15,19,21,30H,5,7,9-10,12,14H2,1-4H3,(H,31,37)(H,32,38)(H,34,36)/t15-,19?,21+/m0/s1. The van der Waals surface area contributed by atoms with Crippen LogP contribution in [0.2, 0.25) is 5.02 Å². The molecule has 208 valence electrons. The summed E-state index contributed by atoms with van der Waals surface area (Å²) in [6, 6.07) is 6.42. The first-order chi connectivity index (χ1) is 18.4. The van der Waals surface area contributed by atoms with E-state index in [1.165, 1.54) is 11.3 Å². The Balaban J connectivity index is 1.33. The van der Waals surface area contributed by atoms with E-state index in [9.17, 15) is 14.4 Å². The van der Waals surface area contributed by atoms with Gasteiger partial charge >= 0.3 is 0 Å². The van der Waals surface area contributed by atoms with Crippen LogP contribution in [0.3, 0.4) is 0 Å². The molecule has 0 spiro atoms. The maximum Gasteiger partial charge on any atom is 0.280 e. The second-order valence-electron chi connectivity index (χ2n) is 11.7. The number of aromatic amines is 1. The second-order valence-corrected chi connectivity index (χ2v) is 13.2. The molecule has 5 rings (SSSR count). The van der Waals surface area contributed by atoms with Crippen molar-refractivity contribution in [2.24, 2.45) is 5.92 Å². The van der Waals surface area contributed by atoms with Gasteiger partial charge in [-0.1, -0.05) is 11.6 Å². The van der Waals surface area contributed by atoms with E-state index in [2.05, 4.69) is 37.9 Å². The predicted molar refractivity (Wildman–Crippen MR) is 153 cm³/mol. The molecule has 1 unspecified atom stereocenters. The molecule has 39 heavy (non-hydrogen) atoms. The highest BCUT2D eigenvalue weighted by molar-refractivity contribution is 7.13. The lowest BCUT2D eigenvalue weighted by atomic mass is 9.81. The molecule has 1 saturated carbocycles. The SMILES string of the molecule is CN1CCc2nc(C(=O)N[C@@H]3C[C@@H](C(=O)NC(C)(C)C)CCC3NC(=O)c3cc4cc(Cl)ccc4[nH]3)sc2C1. The summed E-state index contributed by atoms with van der Waals surface area (Å²) < 4.78 is 0. The van der Waals surface area contributed by atoms with E-state index < -0.39 is 6.04 Å². The number of fused-ring (bicyclic) bond motifs is 2. The van der Waals surface area contributed by atoms with Crippen molar-refractivity contribution < 1.29 is 14.4 Å². The van der Waals surface area contributed by atoms with Crippen LogP contribution in [0, 0.1) is 5.92 Å². The highest BCUT2D eigenvalue weighted by Crippen LogP contribution is 2.29. The third-order valence-corrected chi connectivity index (χ3v) is 8.61. The molecule has 2 aliphatic rings. The zero-order valence-corrected chi connectivity index (χ0v) is 24.3. The first kappa shape index (κ1) is 27.6. The number of carbonyl (C=O) groups excluding carboxylic acids is 3. The number of amides is 3. The van der Waals surface area contributed by atoms with Gasteiger partial charge in [-0.25, -0.2) is 4.98 Å². The predicted octanol–water partition coefficient (Wildman–Crippen LogP) is 3.88. The molecule has 9 nitrogen and oxygen atoms in total. The Kier molecular flexibility index (Phi) is 7.72. The van der Waals surface area contributed by atoms with Crippen LogP contribution in [-0.2, 0) is 17.8 Å². The Morgan fingerprint density at radius 2 is 1.87 bits per heavy atom. The van der Waals surface area contributed by atoms with Crippen LogP contribution >= 0.6 is 22.9 Å². The van der Waals surface area contributed by atoms with Crippen molar-refractivity contribution in [3.63, 3.8) is 0 Å². The first-order valence-corrected chi connectivity index (χ1v) is 14.5. The number of likely N-dealkylation sites (N-methyl/N-ethyl adjacent to an activating group) is 1. The van der Waals surface area contributed by atoms with Crippen molar-refractivity contribution in [2.75, 3.05) is 13.6 Å². The quantitative estimate of drug-likeness (QED) is 0.371. The maximum atomic E-state index is 13.4. The summed E-state index contributed by atoms with van der Waals surface area (Å²) in [6.45, 7) is 7.55. The third-order valence-electron chi connectivity index (χ3n) is 7.30. The summed E-state index contributed by atoms with van der Waals surface area (Å²) in [7, 11) is 2.06. The topological polar surface area (TPSA) is 119 Å². The van der Waals surface area contributed by atoms with Gasteiger partial charge in [-0.05, 0) is 71.3 Å². The molecular weight excluding hydrogens is 536 g/mol. The number of benzene rings is 1. The Bertz CT molecular complexity index is 1410. The van der Waals surface area contributed by atoms with Crippen LogP contribution in [0.15, 0.2) is 24.3 Å². The molecule has 1 aliphatic carbocycles. The van der Waals surface area contributed by atoms with Gasteiger partial charge in [-0.15, -0.1) is 11.3 Å². The molecule has 0 saturated heterocycles. The number of nitrogens with one attached hydrogen (secondary N) is 4. The third kappa shape index (κ3) is 6.45. The van der Waals surface area contributed by atoms with Crippen molar-refractivity contribution in [3.8, 4) is 0 Å². The molecule has 0 bridgehead atoms. The summed E-state index contributed by atoms with van der Waals surface area (Å²) in [6.07, 6.45) is 2.42. The Morgan fingerprint density at radius 1 is 1.10 bits per heavy atom. The van der Waals surface area contributed by atoms with Crippen molar-refractivity contribution in [1.82, 2.24) is 30.8 Å². The summed E-state index contributed by atoms with van der Waals surface area (Å²) in [5.74, 6) is -0.835. The average molecular weight is 571 g/mol. The summed E-state index contributed by atoms with van der Waals surface area (Å²) in [5, 5.41) is 11.2. The van der Waals surface area contributed by atoms with E-state index in [0.29, 0.717) is 35.0 Å². The minimum Gasteiger partial charge on any atom is -0.351 e. The minimum absolute atomic E-state index is 0.0354. The van der Waals surface area contributed by atoms with E-state index in [4.69, 9.17) is 11.6 Å². The lowest BCUT2D eigenvalue weighted by Crippen LogP contribution is -2.56. The molecule has 2 aromatic heterocycles. The van der Waals surface area contributed by atoms with E-state index in [1.807, 2.05) is 26.8 Å². The number of aromatic nitrogens is 2. The number of hydrogen-bond acceptors (Lipinski definition) is 6. The number of nitrogens with zero attached hydrogens (tertiary/aromatic N) is 2. The zero-order valence-electron chi connectivity index (χ0n) is 22.7. The normalized spacial score (nSPS) is 21.8. The monoisotopic (exact) mass is 570 g/mol. The summed E-state index contributed by atoms with van der Waals surface area (Å²) in [4.78, 5) is 50.7. The zero-order chi connectivity index (χ0) is 27.9. The molecule has 3 heterocycles. The number of rotatable bonds is 5. The van der Waals surface area contributed by atoms with Crippen molar-refractivity contribution in [2.45, 2.75) is 70.6 Å². The fourth-order valence-corrected chi connectivity index (χ4v) is 6.61.